The minimum absolute atomic E-state index is 0.0652. The van der Waals surface area contributed by atoms with Crippen molar-refractivity contribution in [2.45, 2.75) is 12.6 Å². The molecule has 1 aromatic heterocycles. The van der Waals surface area contributed by atoms with E-state index in [1.807, 2.05) is 31.3 Å². The molecule has 1 saturated heterocycles. The van der Waals surface area contributed by atoms with E-state index in [4.69, 9.17) is 9.47 Å². The fourth-order valence-corrected chi connectivity index (χ4v) is 3.02. The van der Waals surface area contributed by atoms with Crippen LogP contribution in [0.3, 0.4) is 0 Å². The third-order valence-electron chi connectivity index (χ3n) is 4.46. The number of aromatic nitrogens is 2. The van der Waals surface area contributed by atoms with Gasteiger partial charge in [-0.3, -0.25) is 9.89 Å². The van der Waals surface area contributed by atoms with Crippen LogP contribution in [-0.2, 0) is 6.61 Å². The summed E-state index contributed by atoms with van der Waals surface area (Å²) in [6.45, 7) is 2.17. The van der Waals surface area contributed by atoms with E-state index in [-0.39, 0.29) is 25.2 Å². The summed E-state index contributed by atoms with van der Waals surface area (Å²) in [7, 11) is 3.56. The van der Waals surface area contributed by atoms with Gasteiger partial charge in [-0.15, -0.1) is 0 Å². The number of carbonyl (C=O) groups is 1. The van der Waals surface area contributed by atoms with E-state index >= 15 is 0 Å². The van der Waals surface area contributed by atoms with Gasteiger partial charge in [0.05, 0.1) is 25.5 Å². The van der Waals surface area contributed by atoms with Gasteiger partial charge >= 0.3 is 0 Å². The maximum Gasteiger partial charge on any atom is 0.274 e. The molecule has 1 unspecified atom stereocenters. The minimum atomic E-state index is -0.216. The van der Waals surface area contributed by atoms with Crippen LogP contribution in [0.1, 0.15) is 16.2 Å². The third-order valence-corrected chi connectivity index (χ3v) is 4.46. The number of carbonyl (C=O) groups excluding carboxylic acids is 1. The molecule has 26 heavy (non-hydrogen) atoms. The van der Waals surface area contributed by atoms with Crippen molar-refractivity contribution in [1.82, 2.24) is 20.0 Å². The Balaban J connectivity index is 1.64. The van der Waals surface area contributed by atoms with Crippen LogP contribution in [0.2, 0.25) is 0 Å². The summed E-state index contributed by atoms with van der Waals surface area (Å²) in [6.07, 6.45) is 0. The molecule has 140 valence electrons. The highest BCUT2D eigenvalue weighted by atomic mass is 16.5. The lowest BCUT2D eigenvalue weighted by Crippen LogP contribution is -2.55. The second-order valence-corrected chi connectivity index (χ2v) is 6.32. The molecule has 0 bridgehead atoms. The molecule has 2 aromatic rings. The number of methoxy groups -OCH3 is 1. The first-order valence-electron chi connectivity index (χ1n) is 8.53. The maximum atomic E-state index is 12.7. The van der Waals surface area contributed by atoms with Crippen molar-refractivity contribution >= 4 is 5.91 Å². The Morgan fingerprint density at radius 1 is 1.35 bits per heavy atom. The van der Waals surface area contributed by atoms with Crippen molar-refractivity contribution in [3.63, 3.8) is 0 Å². The average Bonchev–Trinajstić information content (AvgIpc) is 3.15. The number of nitrogens with zero attached hydrogens (tertiary/aromatic N) is 3. The fraction of sp³-hybridized carbons (Fsp3) is 0.444. The Morgan fingerprint density at radius 2 is 2.12 bits per heavy atom. The van der Waals surface area contributed by atoms with Gasteiger partial charge in [0.15, 0.2) is 17.2 Å². The van der Waals surface area contributed by atoms with E-state index in [0.29, 0.717) is 36.0 Å². The van der Waals surface area contributed by atoms with Gasteiger partial charge in [0.2, 0.25) is 0 Å². The number of piperazine rings is 1. The van der Waals surface area contributed by atoms with Gasteiger partial charge in [0.1, 0.15) is 6.61 Å². The molecule has 1 amide bonds. The molecule has 0 aliphatic carbocycles. The number of benzene rings is 1. The standard InChI is InChI=1S/C18H24N4O4/c1-21-7-8-22(14(10-21)11-23)18(24)15-9-13(19-20-15)12-26-17-6-4-3-5-16(17)25-2/h3-6,9,14,23H,7-8,10-12H2,1-2H3,(H,19,20). The molecule has 2 N–H and O–H groups in total. The largest absolute Gasteiger partial charge is 0.493 e. The Kier molecular flexibility index (Phi) is 5.75. The molecule has 8 heteroatoms. The van der Waals surface area contributed by atoms with Crippen molar-refractivity contribution in [1.29, 1.82) is 0 Å². The van der Waals surface area contributed by atoms with Crippen LogP contribution in [0, 0.1) is 0 Å². The Labute approximate surface area is 152 Å². The van der Waals surface area contributed by atoms with Gasteiger partial charge < -0.3 is 24.4 Å². The van der Waals surface area contributed by atoms with Gasteiger partial charge in [-0.05, 0) is 25.2 Å². The first kappa shape index (κ1) is 18.2. The normalized spacial score (nSPS) is 18.0. The number of hydrogen-bond donors (Lipinski definition) is 2. The lowest BCUT2D eigenvalue weighted by Gasteiger charge is -2.38. The lowest BCUT2D eigenvalue weighted by atomic mass is 10.1. The molecule has 0 radical (unpaired) electrons. The van der Waals surface area contributed by atoms with Crippen LogP contribution in [0.15, 0.2) is 30.3 Å². The van der Waals surface area contributed by atoms with E-state index in [9.17, 15) is 9.90 Å². The van der Waals surface area contributed by atoms with Gasteiger partial charge in [-0.2, -0.15) is 5.10 Å². The molecule has 0 saturated carbocycles. The van der Waals surface area contributed by atoms with Crippen molar-refractivity contribution in [2.24, 2.45) is 0 Å². The van der Waals surface area contributed by atoms with E-state index in [2.05, 4.69) is 15.1 Å². The van der Waals surface area contributed by atoms with E-state index in [0.717, 1.165) is 6.54 Å². The zero-order valence-corrected chi connectivity index (χ0v) is 15.0. The number of nitrogens with one attached hydrogen (secondary N) is 1. The SMILES string of the molecule is COc1ccccc1OCc1cc(C(=O)N2CCN(C)CC2CO)n[nH]1. The molecule has 2 heterocycles. The molecule has 1 atom stereocenters. The van der Waals surface area contributed by atoms with Crippen LogP contribution in [0.5, 0.6) is 11.5 Å². The Morgan fingerprint density at radius 3 is 2.85 bits per heavy atom. The highest BCUT2D eigenvalue weighted by Crippen LogP contribution is 2.26. The highest BCUT2D eigenvalue weighted by molar-refractivity contribution is 5.92. The molecule has 3 rings (SSSR count). The van der Waals surface area contributed by atoms with Crippen molar-refractivity contribution in [2.75, 3.05) is 40.4 Å². The first-order chi connectivity index (χ1) is 12.6. The molecule has 1 fully saturated rings. The van der Waals surface area contributed by atoms with Crippen molar-refractivity contribution in [3.8, 4) is 11.5 Å². The number of aromatic amines is 1. The molecule has 1 aliphatic rings. The van der Waals surface area contributed by atoms with Gasteiger partial charge in [-0.1, -0.05) is 12.1 Å². The quantitative estimate of drug-likeness (QED) is 0.790. The second-order valence-electron chi connectivity index (χ2n) is 6.32. The zero-order chi connectivity index (χ0) is 18.5. The predicted octanol–water partition coefficient (Wildman–Crippen LogP) is 0.746. The van der Waals surface area contributed by atoms with Crippen LogP contribution >= 0.6 is 0 Å². The second kappa shape index (κ2) is 8.20. The molecule has 0 spiro atoms. The monoisotopic (exact) mass is 360 g/mol. The smallest absolute Gasteiger partial charge is 0.274 e. The minimum Gasteiger partial charge on any atom is -0.493 e. The summed E-state index contributed by atoms with van der Waals surface area (Å²) in [5, 5.41) is 16.5. The van der Waals surface area contributed by atoms with Crippen molar-refractivity contribution < 1.29 is 19.4 Å². The Hall–Kier alpha value is -2.58. The van der Waals surface area contributed by atoms with E-state index < -0.39 is 0 Å². The zero-order valence-electron chi connectivity index (χ0n) is 15.0. The number of amides is 1. The van der Waals surface area contributed by atoms with E-state index in [1.54, 1.807) is 18.1 Å². The van der Waals surface area contributed by atoms with Crippen LogP contribution < -0.4 is 9.47 Å². The number of aliphatic hydroxyl groups is 1. The number of para-hydroxylation sites is 2. The van der Waals surface area contributed by atoms with Crippen LogP contribution in [0.25, 0.3) is 0 Å². The third kappa shape index (κ3) is 3.97. The molecule has 1 aliphatic heterocycles. The number of hydrogen-bond acceptors (Lipinski definition) is 6. The highest BCUT2D eigenvalue weighted by Gasteiger charge is 2.30. The summed E-state index contributed by atoms with van der Waals surface area (Å²) in [6, 6.07) is 8.84. The summed E-state index contributed by atoms with van der Waals surface area (Å²) in [5.74, 6) is 1.08. The number of rotatable bonds is 6. The van der Waals surface area contributed by atoms with E-state index in [1.165, 1.54) is 0 Å². The number of aliphatic hydroxyl groups excluding tert-OH is 1. The van der Waals surface area contributed by atoms with Crippen LogP contribution in [-0.4, -0.2) is 77.5 Å². The summed E-state index contributed by atoms with van der Waals surface area (Å²) in [4.78, 5) is 16.5. The topological polar surface area (TPSA) is 90.9 Å². The number of likely N-dealkylation sites (N-methyl/N-ethyl adjacent to an activating group) is 1. The first-order valence-corrected chi connectivity index (χ1v) is 8.53. The molecule has 1 aromatic carbocycles. The predicted molar refractivity (Wildman–Crippen MR) is 95.3 cm³/mol. The molecular weight excluding hydrogens is 336 g/mol. The average molecular weight is 360 g/mol. The van der Waals surface area contributed by atoms with Gasteiger partial charge in [0.25, 0.3) is 5.91 Å². The Bertz CT molecular complexity index is 748. The lowest BCUT2D eigenvalue weighted by molar-refractivity contribution is 0.0351. The molecular formula is C18H24N4O4. The summed E-state index contributed by atoms with van der Waals surface area (Å²) < 4.78 is 11.0. The van der Waals surface area contributed by atoms with Gasteiger partial charge in [-0.25, -0.2) is 0 Å². The number of ether oxygens (including phenoxy) is 2. The summed E-state index contributed by atoms with van der Waals surface area (Å²) in [5.41, 5.74) is 1.01. The molecule has 8 nitrogen and oxygen atoms in total. The van der Waals surface area contributed by atoms with Gasteiger partial charge in [0, 0.05) is 19.6 Å². The maximum absolute atomic E-state index is 12.7. The fourth-order valence-electron chi connectivity index (χ4n) is 3.02. The number of H-pyrrole nitrogens is 1. The van der Waals surface area contributed by atoms with Crippen molar-refractivity contribution in [3.05, 3.63) is 41.7 Å². The van der Waals surface area contributed by atoms with Crippen LogP contribution in [0.4, 0.5) is 0 Å². The summed E-state index contributed by atoms with van der Waals surface area (Å²) >= 11 is 0.